The Hall–Kier alpha value is -1.15. The van der Waals surface area contributed by atoms with Crippen molar-refractivity contribution in [3.63, 3.8) is 0 Å². The van der Waals surface area contributed by atoms with Crippen LogP contribution in [0.5, 0.6) is 0 Å². The zero-order valence-electron chi connectivity index (χ0n) is 9.43. The highest BCUT2D eigenvalue weighted by atomic mass is 16.3. The van der Waals surface area contributed by atoms with Gasteiger partial charge in [-0.15, -0.1) is 0 Å². The van der Waals surface area contributed by atoms with Gasteiger partial charge in [-0.3, -0.25) is 0 Å². The van der Waals surface area contributed by atoms with Gasteiger partial charge >= 0.3 is 0 Å². The van der Waals surface area contributed by atoms with E-state index in [1.165, 1.54) is 6.42 Å². The minimum atomic E-state index is -0.647. The van der Waals surface area contributed by atoms with Crippen molar-refractivity contribution in [3.05, 3.63) is 35.9 Å². The van der Waals surface area contributed by atoms with Gasteiger partial charge in [0.1, 0.15) is 6.29 Å². The van der Waals surface area contributed by atoms with Gasteiger partial charge in [0.25, 0.3) is 0 Å². The van der Waals surface area contributed by atoms with Crippen LogP contribution >= 0.6 is 0 Å². The maximum absolute atomic E-state index is 11.3. The minimum Gasteiger partial charge on any atom is -0.387 e. The molecule has 0 amide bonds. The van der Waals surface area contributed by atoms with Gasteiger partial charge in [-0.25, -0.2) is 0 Å². The van der Waals surface area contributed by atoms with Crippen LogP contribution in [0.25, 0.3) is 0 Å². The first-order valence-electron chi connectivity index (χ1n) is 5.98. The molecule has 1 saturated carbocycles. The maximum atomic E-state index is 11.3. The Morgan fingerprint density at radius 1 is 1.12 bits per heavy atom. The summed E-state index contributed by atoms with van der Waals surface area (Å²) in [5.74, 6) is 0. The fourth-order valence-electron chi connectivity index (χ4n) is 2.63. The predicted octanol–water partition coefficient (Wildman–Crippen LogP) is 2.87. The van der Waals surface area contributed by atoms with Gasteiger partial charge in [0.15, 0.2) is 0 Å². The molecule has 0 radical (unpaired) electrons. The summed E-state index contributed by atoms with van der Waals surface area (Å²) >= 11 is 0. The quantitative estimate of drug-likeness (QED) is 0.792. The molecule has 2 heteroatoms. The Labute approximate surface area is 96.3 Å². The van der Waals surface area contributed by atoms with Crippen molar-refractivity contribution in [1.82, 2.24) is 0 Å². The molecule has 0 heterocycles. The van der Waals surface area contributed by atoms with Crippen molar-refractivity contribution in [3.8, 4) is 0 Å². The second kappa shape index (κ2) is 4.79. The van der Waals surface area contributed by atoms with E-state index in [1.54, 1.807) is 0 Å². The molecular weight excluding hydrogens is 200 g/mol. The summed E-state index contributed by atoms with van der Waals surface area (Å²) in [4.78, 5) is 11.3. The van der Waals surface area contributed by atoms with Crippen LogP contribution in [0.15, 0.2) is 30.3 Å². The summed E-state index contributed by atoms with van der Waals surface area (Å²) in [5.41, 5.74) is 0.316. The second-order valence-corrected chi connectivity index (χ2v) is 4.72. The van der Waals surface area contributed by atoms with Gasteiger partial charge < -0.3 is 9.90 Å². The smallest absolute Gasteiger partial charge is 0.129 e. The lowest BCUT2D eigenvalue weighted by molar-refractivity contribution is -0.126. The number of rotatable bonds is 3. The van der Waals surface area contributed by atoms with Gasteiger partial charge in [-0.2, -0.15) is 0 Å². The molecule has 0 aromatic heterocycles. The molecule has 0 bridgehead atoms. The van der Waals surface area contributed by atoms with Crippen molar-refractivity contribution in [2.75, 3.05) is 0 Å². The average molecular weight is 218 g/mol. The number of aldehydes is 1. The zero-order chi connectivity index (χ0) is 11.4. The van der Waals surface area contributed by atoms with Gasteiger partial charge in [0.05, 0.1) is 11.5 Å². The molecule has 0 spiro atoms. The SMILES string of the molecule is O=CC1([C@@H](O)c2ccccc2)CCCCC1. The topological polar surface area (TPSA) is 37.3 Å². The van der Waals surface area contributed by atoms with Crippen LogP contribution in [-0.4, -0.2) is 11.4 Å². The second-order valence-electron chi connectivity index (χ2n) is 4.72. The first kappa shape index (κ1) is 11.3. The minimum absolute atomic E-state index is 0.542. The molecule has 0 unspecified atom stereocenters. The molecule has 1 fully saturated rings. The van der Waals surface area contributed by atoms with Crippen molar-refractivity contribution >= 4 is 6.29 Å². The molecular formula is C14H18O2. The molecule has 2 rings (SSSR count). The molecule has 1 atom stereocenters. The Bertz CT molecular complexity index is 339. The largest absolute Gasteiger partial charge is 0.387 e. The zero-order valence-corrected chi connectivity index (χ0v) is 9.43. The molecule has 1 N–H and O–H groups in total. The predicted molar refractivity (Wildman–Crippen MR) is 63.0 cm³/mol. The lowest BCUT2D eigenvalue weighted by Gasteiger charge is -2.36. The molecule has 1 aliphatic rings. The standard InChI is InChI=1S/C14H18O2/c15-11-14(9-5-2-6-10-14)13(16)12-7-3-1-4-8-12/h1,3-4,7-8,11,13,16H,2,5-6,9-10H2/t13-/m0/s1. The summed E-state index contributed by atoms with van der Waals surface area (Å²) in [6.07, 6.45) is 5.22. The van der Waals surface area contributed by atoms with Gasteiger partial charge in [-0.05, 0) is 18.4 Å². The summed E-state index contributed by atoms with van der Waals surface area (Å²) in [5, 5.41) is 10.4. The highest BCUT2D eigenvalue weighted by molar-refractivity contribution is 5.61. The van der Waals surface area contributed by atoms with E-state index < -0.39 is 11.5 Å². The van der Waals surface area contributed by atoms with Crippen molar-refractivity contribution in [2.24, 2.45) is 5.41 Å². The number of carbonyl (C=O) groups excluding carboxylic acids is 1. The monoisotopic (exact) mass is 218 g/mol. The summed E-state index contributed by atoms with van der Waals surface area (Å²) in [7, 11) is 0. The normalized spacial score (nSPS) is 21.3. The van der Waals surface area contributed by atoms with E-state index in [0.29, 0.717) is 0 Å². The fourth-order valence-corrected chi connectivity index (χ4v) is 2.63. The number of benzene rings is 1. The number of hydrogen-bond acceptors (Lipinski definition) is 2. The highest BCUT2D eigenvalue weighted by Crippen LogP contribution is 2.44. The van der Waals surface area contributed by atoms with E-state index in [0.717, 1.165) is 37.5 Å². The van der Waals surface area contributed by atoms with Crippen LogP contribution in [0.1, 0.15) is 43.8 Å². The molecule has 1 aliphatic carbocycles. The Kier molecular flexibility index (Phi) is 3.39. The molecule has 2 nitrogen and oxygen atoms in total. The van der Waals surface area contributed by atoms with Crippen molar-refractivity contribution in [1.29, 1.82) is 0 Å². The first-order valence-corrected chi connectivity index (χ1v) is 5.98. The van der Waals surface area contributed by atoms with Crippen LogP contribution in [-0.2, 0) is 4.79 Å². The summed E-state index contributed by atoms with van der Waals surface area (Å²) in [6.45, 7) is 0. The Morgan fingerprint density at radius 2 is 1.75 bits per heavy atom. The molecule has 0 aliphatic heterocycles. The number of carbonyl (C=O) groups is 1. The van der Waals surface area contributed by atoms with E-state index >= 15 is 0 Å². The van der Waals surface area contributed by atoms with Gasteiger partial charge in [0.2, 0.25) is 0 Å². The highest BCUT2D eigenvalue weighted by Gasteiger charge is 2.39. The Morgan fingerprint density at radius 3 is 2.31 bits per heavy atom. The molecule has 16 heavy (non-hydrogen) atoms. The Balaban J connectivity index is 2.24. The van der Waals surface area contributed by atoms with E-state index in [-0.39, 0.29) is 0 Å². The number of aliphatic hydroxyl groups is 1. The van der Waals surface area contributed by atoms with E-state index in [2.05, 4.69) is 0 Å². The lowest BCUT2D eigenvalue weighted by Crippen LogP contribution is -2.33. The van der Waals surface area contributed by atoms with Crippen LogP contribution in [0.2, 0.25) is 0 Å². The van der Waals surface area contributed by atoms with Crippen molar-refractivity contribution in [2.45, 2.75) is 38.2 Å². The third kappa shape index (κ3) is 2.03. The molecule has 1 aromatic rings. The molecule has 1 aromatic carbocycles. The first-order chi connectivity index (χ1) is 7.78. The lowest BCUT2D eigenvalue weighted by atomic mass is 9.69. The molecule has 86 valence electrons. The number of hydrogen-bond donors (Lipinski definition) is 1. The van der Waals surface area contributed by atoms with E-state index in [9.17, 15) is 9.90 Å². The maximum Gasteiger partial charge on any atom is 0.129 e. The average Bonchev–Trinajstić information content (AvgIpc) is 2.39. The van der Waals surface area contributed by atoms with Gasteiger partial charge in [0, 0.05) is 0 Å². The number of aliphatic hydroxyl groups excluding tert-OH is 1. The third-order valence-electron chi connectivity index (χ3n) is 3.68. The van der Waals surface area contributed by atoms with Crippen LogP contribution in [0, 0.1) is 5.41 Å². The third-order valence-corrected chi connectivity index (χ3v) is 3.68. The van der Waals surface area contributed by atoms with Gasteiger partial charge in [-0.1, -0.05) is 49.6 Å². The van der Waals surface area contributed by atoms with Crippen molar-refractivity contribution < 1.29 is 9.90 Å². The van der Waals surface area contributed by atoms with E-state index in [1.807, 2.05) is 30.3 Å². The summed E-state index contributed by atoms with van der Waals surface area (Å²) in [6, 6.07) is 9.51. The summed E-state index contributed by atoms with van der Waals surface area (Å²) < 4.78 is 0. The van der Waals surface area contributed by atoms with Crippen LogP contribution in [0.3, 0.4) is 0 Å². The fraction of sp³-hybridized carbons (Fsp3) is 0.500. The van der Waals surface area contributed by atoms with Crippen LogP contribution in [0.4, 0.5) is 0 Å². The van der Waals surface area contributed by atoms with Crippen LogP contribution < -0.4 is 0 Å². The molecule has 0 saturated heterocycles. The van der Waals surface area contributed by atoms with E-state index in [4.69, 9.17) is 0 Å².